The van der Waals surface area contributed by atoms with E-state index in [1.807, 2.05) is 0 Å². The second kappa shape index (κ2) is 15.1. The van der Waals surface area contributed by atoms with E-state index in [0.29, 0.717) is 0 Å². The molecule has 11 aromatic rings. The van der Waals surface area contributed by atoms with Crippen LogP contribution < -0.4 is 4.90 Å². The van der Waals surface area contributed by atoms with Crippen molar-refractivity contribution in [1.82, 2.24) is 4.57 Å². The molecule has 1 heterocycles. The van der Waals surface area contributed by atoms with Gasteiger partial charge in [-0.2, -0.15) is 0 Å². The molecule has 0 spiro atoms. The van der Waals surface area contributed by atoms with E-state index in [1.165, 1.54) is 71.5 Å². The van der Waals surface area contributed by atoms with Crippen LogP contribution in [0.3, 0.4) is 0 Å². The lowest BCUT2D eigenvalue weighted by Gasteiger charge is -2.27. The molecule has 0 fully saturated rings. The molecule has 0 N–H and O–H groups in total. The van der Waals surface area contributed by atoms with Crippen molar-refractivity contribution in [2.24, 2.45) is 0 Å². The van der Waals surface area contributed by atoms with E-state index in [-0.39, 0.29) is 0 Å². The number of hydrogen-bond donors (Lipinski definition) is 0. The largest absolute Gasteiger partial charge is 0.310 e. The van der Waals surface area contributed by atoms with Crippen LogP contribution >= 0.6 is 0 Å². The molecule has 0 amide bonds. The summed E-state index contributed by atoms with van der Waals surface area (Å²) in [7, 11) is 0. The van der Waals surface area contributed by atoms with Gasteiger partial charge in [-0.15, -0.1) is 0 Å². The first kappa shape index (κ1) is 35.2. The van der Waals surface area contributed by atoms with E-state index in [4.69, 9.17) is 0 Å². The number of para-hydroxylation sites is 2. The summed E-state index contributed by atoms with van der Waals surface area (Å²) in [4.78, 5) is 2.38. The highest BCUT2D eigenvalue weighted by molar-refractivity contribution is 6.09. The van der Waals surface area contributed by atoms with Crippen LogP contribution in [-0.4, -0.2) is 4.57 Å². The molecule has 0 radical (unpaired) electrons. The minimum absolute atomic E-state index is 1.09. The Morgan fingerprint density at radius 2 is 0.717 bits per heavy atom. The quantitative estimate of drug-likeness (QED) is 0.150. The monoisotopic (exact) mass is 764 g/mol. The molecule has 60 heavy (non-hydrogen) atoms. The molecule has 1 aromatic heterocycles. The van der Waals surface area contributed by atoms with Gasteiger partial charge in [-0.1, -0.05) is 188 Å². The van der Waals surface area contributed by atoms with Gasteiger partial charge in [0.05, 0.1) is 11.0 Å². The maximum Gasteiger partial charge on any atom is 0.0541 e. The van der Waals surface area contributed by atoms with Crippen molar-refractivity contribution in [2.75, 3.05) is 4.90 Å². The summed E-state index contributed by atoms with van der Waals surface area (Å²) >= 11 is 0. The highest BCUT2D eigenvalue weighted by atomic mass is 15.1. The second-order valence-corrected chi connectivity index (χ2v) is 15.3. The summed E-state index contributed by atoms with van der Waals surface area (Å²) in [6.07, 6.45) is 0. The second-order valence-electron chi connectivity index (χ2n) is 15.3. The number of fused-ring (bicyclic) bond motifs is 4. The van der Waals surface area contributed by atoms with Crippen LogP contribution in [0.2, 0.25) is 0 Å². The van der Waals surface area contributed by atoms with Gasteiger partial charge >= 0.3 is 0 Å². The molecule has 0 bridgehead atoms. The summed E-state index contributed by atoms with van der Waals surface area (Å²) in [5.41, 5.74) is 16.4. The fraction of sp³-hybridized carbons (Fsp3) is 0. The molecule has 0 saturated carbocycles. The average molecular weight is 765 g/mol. The zero-order chi connectivity index (χ0) is 39.8. The molecule has 2 nitrogen and oxygen atoms in total. The Balaban J connectivity index is 1.03. The molecule has 0 aliphatic rings. The normalized spacial score (nSPS) is 11.3. The van der Waals surface area contributed by atoms with Crippen LogP contribution in [0.25, 0.3) is 82.8 Å². The van der Waals surface area contributed by atoms with Crippen LogP contribution in [0.4, 0.5) is 17.1 Å². The van der Waals surface area contributed by atoms with Gasteiger partial charge in [0.1, 0.15) is 0 Å². The van der Waals surface area contributed by atoms with E-state index in [9.17, 15) is 0 Å². The van der Waals surface area contributed by atoms with Gasteiger partial charge in [0.25, 0.3) is 0 Å². The summed E-state index contributed by atoms with van der Waals surface area (Å²) in [5.74, 6) is 0. The predicted octanol–water partition coefficient (Wildman–Crippen LogP) is 16.1. The minimum Gasteiger partial charge on any atom is -0.310 e. The minimum atomic E-state index is 1.09. The van der Waals surface area contributed by atoms with Crippen LogP contribution in [0, 0.1) is 0 Å². The Morgan fingerprint density at radius 3 is 1.33 bits per heavy atom. The van der Waals surface area contributed by atoms with Crippen molar-refractivity contribution in [3.05, 3.63) is 243 Å². The third-order valence-corrected chi connectivity index (χ3v) is 11.8. The lowest BCUT2D eigenvalue weighted by molar-refractivity contribution is 1.17. The Morgan fingerprint density at radius 1 is 0.267 bits per heavy atom. The Hall–Kier alpha value is -7.94. The number of rotatable bonds is 8. The van der Waals surface area contributed by atoms with Gasteiger partial charge < -0.3 is 9.47 Å². The summed E-state index contributed by atoms with van der Waals surface area (Å²) < 4.78 is 2.39. The lowest BCUT2D eigenvalue weighted by Crippen LogP contribution is -2.10. The van der Waals surface area contributed by atoms with Gasteiger partial charge in [0.15, 0.2) is 0 Å². The number of anilines is 3. The van der Waals surface area contributed by atoms with Gasteiger partial charge in [-0.05, 0) is 110 Å². The van der Waals surface area contributed by atoms with E-state index >= 15 is 0 Å². The summed E-state index contributed by atoms with van der Waals surface area (Å²) in [6.45, 7) is 0. The molecule has 0 aliphatic heterocycles. The molecule has 0 aliphatic carbocycles. The summed E-state index contributed by atoms with van der Waals surface area (Å²) in [5, 5.41) is 4.93. The first-order valence-corrected chi connectivity index (χ1v) is 20.6. The third-order valence-electron chi connectivity index (χ3n) is 11.8. The van der Waals surface area contributed by atoms with Crippen molar-refractivity contribution >= 4 is 49.6 Å². The van der Waals surface area contributed by atoms with Crippen molar-refractivity contribution in [1.29, 1.82) is 0 Å². The SMILES string of the molecule is c1ccc(-c2ccccc2-c2ccccc2-c2ccccc2-c2ccc(N(c3cccc(-n4c5ccccc5c5ccccc54)c3)c3ccc4ccccc4c3)cc2)cc1. The summed E-state index contributed by atoms with van der Waals surface area (Å²) in [6, 6.07) is 87.9. The van der Waals surface area contributed by atoms with E-state index in [1.54, 1.807) is 0 Å². The van der Waals surface area contributed by atoms with Crippen molar-refractivity contribution < 1.29 is 0 Å². The van der Waals surface area contributed by atoms with Gasteiger partial charge in [0, 0.05) is 33.5 Å². The smallest absolute Gasteiger partial charge is 0.0541 e. The van der Waals surface area contributed by atoms with E-state index in [0.717, 1.165) is 28.3 Å². The molecule has 11 rings (SSSR count). The molecule has 282 valence electrons. The fourth-order valence-electron chi connectivity index (χ4n) is 9.03. The van der Waals surface area contributed by atoms with Crippen molar-refractivity contribution in [2.45, 2.75) is 0 Å². The molecule has 2 heteroatoms. The maximum absolute atomic E-state index is 2.39. The van der Waals surface area contributed by atoms with E-state index in [2.05, 4.69) is 252 Å². The Kier molecular flexibility index (Phi) is 8.87. The van der Waals surface area contributed by atoms with Crippen molar-refractivity contribution in [3.8, 4) is 50.2 Å². The van der Waals surface area contributed by atoms with Crippen LogP contribution in [0.1, 0.15) is 0 Å². The molecular weight excluding hydrogens is 725 g/mol. The highest BCUT2D eigenvalue weighted by Crippen LogP contribution is 2.43. The lowest BCUT2D eigenvalue weighted by atomic mass is 9.87. The topological polar surface area (TPSA) is 8.17 Å². The first-order valence-electron chi connectivity index (χ1n) is 20.6. The number of hydrogen-bond acceptors (Lipinski definition) is 1. The van der Waals surface area contributed by atoms with Gasteiger partial charge in [0.2, 0.25) is 0 Å². The number of nitrogens with zero attached hydrogens (tertiary/aromatic N) is 2. The average Bonchev–Trinajstić information content (AvgIpc) is 3.67. The Bertz CT molecular complexity index is 3270. The molecule has 0 atom stereocenters. The van der Waals surface area contributed by atoms with Gasteiger partial charge in [-0.3, -0.25) is 0 Å². The van der Waals surface area contributed by atoms with E-state index < -0.39 is 0 Å². The van der Waals surface area contributed by atoms with Crippen molar-refractivity contribution in [3.63, 3.8) is 0 Å². The maximum atomic E-state index is 2.39. The van der Waals surface area contributed by atoms with Crippen LogP contribution in [0.15, 0.2) is 243 Å². The standard InChI is InChI=1S/C58H40N2/c1-2-18-42(19-3-1)49-23-6-8-25-51(49)53-27-10-11-28-54(53)52-26-9-7-24-50(52)43-34-36-45(37-35-43)59(48-38-33-41-17-4-5-20-44(41)39-48)46-21-16-22-47(40-46)60-57-31-14-12-29-55(57)56-30-13-15-32-58(56)60/h1-40H. The third kappa shape index (κ3) is 6.23. The zero-order valence-corrected chi connectivity index (χ0v) is 33.0. The molecular formula is C58H40N2. The zero-order valence-electron chi connectivity index (χ0n) is 33.0. The molecule has 0 saturated heterocycles. The van der Waals surface area contributed by atoms with Crippen LogP contribution in [0.5, 0.6) is 0 Å². The van der Waals surface area contributed by atoms with Crippen LogP contribution in [-0.2, 0) is 0 Å². The predicted molar refractivity (Wildman–Crippen MR) is 255 cm³/mol. The molecule has 10 aromatic carbocycles. The highest BCUT2D eigenvalue weighted by Gasteiger charge is 2.19. The van der Waals surface area contributed by atoms with Gasteiger partial charge in [-0.25, -0.2) is 0 Å². The number of aromatic nitrogens is 1. The number of benzene rings is 10. The fourth-order valence-corrected chi connectivity index (χ4v) is 9.03. The molecule has 0 unspecified atom stereocenters. The first-order chi connectivity index (χ1) is 29.8. The Labute approximate surface area is 350 Å².